The third-order valence-electron chi connectivity index (χ3n) is 3.25. The lowest BCUT2D eigenvalue weighted by molar-refractivity contribution is 0.281. The molecule has 0 aliphatic rings. The van der Waals surface area contributed by atoms with E-state index in [-0.39, 0.29) is 31.1 Å². The first-order valence-corrected chi connectivity index (χ1v) is 7.97. The van der Waals surface area contributed by atoms with Crippen LogP contribution in [0.25, 0.3) is 0 Å². The van der Waals surface area contributed by atoms with Crippen molar-refractivity contribution in [3.8, 4) is 0 Å². The summed E-state index contributed by atoms with van der Waals surface area (Å²) in [5.74, 6) is 0. The van der Waals surface area contributed by atoms with Crippen molar-refractivity contribution in [3.63, 3.8) is 0 Å². The van der Waals surface area contributed by atoms with Crippen LogP contribution in [0.1, 0.15) is 33.1 Å². The van der Waals surface area contributed by atoms with E-state index in [1.807, 2.05) is 13.8 Å². The van der Waals surface area contributed by atoms with Gasteiger partial charge < -0.3 is 19.9 Å². The molecule has 3 N–H and O–H groups in total. The molecule has 4 nitrogen and oxygen atoms in total. The van der Waals surface area contributed by atoms with Crippen molar-refractivity contribution in [3.05, 3.63) is 0 Å². The molecule has 2 atom stereocenters. The number of aliphatic hydroxyl groups is 3. The maximum atomic E-state index is 12.8. The molecule has 0 radical (unpaired) electrons. The minimum absolute atomic E-state index is 0.0365. The molecule has 0 amide bonds. The SMILES string of the molecule is CC(CCO)P(=O)(CCCO)C(C)CCO. The van der Waals surface area contributed by atoms with Crippen LogP contribution in [0.3, 0.4) is 0 Å². The van der Waals surface area contributed by atoms with Gasteiger partial charge in [-0.05, 0) is 19.3 Å². The van der Waals surface area contributed by atoms with E-state index < -0.39 is 7.14 Å². The lowest BCUT2D eigenvalue weighted by atomic mass is 10.3. The summed E-state index contributed by atoms with van der Waals surface area (Å²) in [6.07, 6.45) is 2.09. The van der Waals surface area contributed by atoms with Gasteiger partial charge >= 0.3 is 0 Å². The van der Waals surface area contributed by atoms with Gasteiger partial charge in [-0.2, -0.15) is 0 Å². The van der Waals surface area contributed by atoms with E-state index in [9.17, 15) is 4.57 Å². The molecular formula is C11H25O4P. The third kappa shape index (κ3) is 4.54. The molecule has 0 bridgehead atoms. The Kier molecular flexibility index (Phi) is 8.29. The first kappa shape index (κ1) is 16.1. The van der Waals surface area contributed by atoms with Crippen LogP contribution in [0, 0.1) is 0 Å². The van der Waals surface area contributed by atoms with Gasteiger partial charge in [-0.25, -0.2) is 0 Å². The van der Waals surface area contributed by atoms with Crippen LogP contribution in [0.2, 0.25) is 0 Å². The van der Waals surface area contributed by atoms with Gasteiger partial charge in [-0.1, -0.05) is 13.8 Å². The molecule has 0 fully saturated rings. The Hall–Kier alpha value is 0.110. The Bertz CT molecular complexity index is 204. The second-order valence-corrected chi connectivity index (χ2v) is 8.30. The summed E-state index contributed by atoms with van der Waals surface area (Å²) in [6.45, 7) is 3.90. The fourth-order valence-electron chi connectivity index (χ4n) is 2.00. The largest absolute Gasteiger partial charge is 0.396 e. The molecule has 2 unspecified atom stereocenters. The highest BCUT2D eigenvalue weighted by molar-refractivity contribution is 7.65. The van der Waals surface area contributed by atoms with E-state index in [2.05, 4.69) is 0 Å². The lowest BCUT2D eigenvalue weighted by Gasteiger charge is -2.30. The molecular weight excluding hydrogens is 227 g/mol. The van der Waals surface area contributed by atoms with Gasteiger partial charge in [0.25, 0.3) is 0 Å². The highest BCUT2D eigenvalue weighted by atomic mass is 31.2. The Balaban J connectivity index is 4.65. The van der Waals surface area contributed by atoms with E-state index in [4.69, 9.17) is 15.3 Å². The van der Waals surface area contributed by atoms with E-state index in [0.29, 0.717) is 25.4 Å². The topological polar surface area (TPSA) is 77.8 Å². The quantitative estimate of drug-likeness (QED) is 0.540. The van der Waals surface area contributed by atoms with Crippen molar-refractivity contribution in [1.29, 1.82) is 0 Å². The second kappa shape index (κ2) is 8.24. The zero-order valence-corrected chi connectivity index (χ0v) is 11.2. The molecule has 0 aliphatic heterocycles. The molecule has 0 heterocycles. The number of hydrogen-bond donors (Lipinski definition) is 3. The van der Waals surface area contributed by atoms with E-state index in [1.165, 1.54) is 0 Å². The van der Waals surface area contributed by atoms with Crippen molar-refractivity contribution < 1.29 is 19.9 Å². The number of hydrogen-bond acceptors (Lipinski definition) is 4. The van der Waals surface area contributed by atoms with Crippen LogP contribution in [0.4, 0.5) is 0 Å². The molecule has 16 heavy (non-hydrogen) atoms. The summed E-state index contributed by atoms with van der Waals surface area (Å²) < 4.78 is 12.8. The van der Waals surface area contributed by atoms with Gasteiger partial charge in [-0.15, -0.1) is 0 Å². The molecule has 0 spiro atoms. The van der Waals surface area contributed by atoms with E-state index in [0.717, 1.165) is 0 Å². The zero-order valence-electron chi connectivity index (χ0n) is 10.3. The Morgan fingerprint density at radius 1 is 0.938 bits per heavy atom. The number of rotatable bonds is 9. The van der Waals surface area contributed by atoms with Crippen LogP contribution in [0.15, 0.2) is 0 Å². The Morgan fingerprint density at radius 3 is 1.69 bits per heavy atom. The normalized spacial score (nSPS) is 19.1. The zero-order chi connectivity index (χ0) is 12.6. The van der Waals surface area contributed by atoms with Crippen LogP contribution in [0.5, 0.6) is 0 Å². The summed E-state index contributed by atoms with van der Waals surface area (Å²) in [6, 6.07) is 0. The molecule has 0 aliphatic carbocycles. The standard InChI is InChI=1S/C11H25O4P/c1-10(4-7-13)16(15,9-3-6-12)11(2)5-8-14/h10-14H,3-9H2,1-2H3. The van der Waals surface area contributed by atoms with Crippen LogP contribution in [-0.4, -0.2) is 52.6 Å². The fraction of sp³-hybridized carbons (Fsp3) is 1.00. The van der Waals surface area contributed by atoms with Gasteiger partial charge in [0, 0.05) is 37.3 Å². The van der Waals surface area contributed by atoms with Crippen LogP contribution < -0.4 is 0 Å². The molecule has 5 heteroatoms. The van der Waals surface area contributed by atoms with Gasteiger partial charge in [0.05, 0.1) is 7.14 Å². The van der Waals surface area contributed by atoms with Crippen molar-refractivity contribution in [2.75, 3.05) is 26.0 Å². The van der Waals surface area contributed by atoms with Crippen LogP contribution in [-0.2, 0) is 4.57 Å². The molecule has 0 saturated carbocycles. The monoisotopic (exact) mass is 252 g/mol. The summed E-state index contributed by atoms with van der Waals surface area (Å²) in [4.78, 5) is 0. The highest BCUT2D eigenvalue weighted by Crippen LogP contribution is 2.57. The molecule has 98 valence electrons. The third-order valence-corrected chi connectivity index (χ3v) is 7.77. The lowest BCUT2D eigenvalue weighted by Crippen LogP contribution is -2.19. The van der Waals surface area contributed by atoms with Crippen molar-refractivity contribution >= 4 is 7.14 Å². The minimum Gasteiger partial charge on any atom is -0.396 e. The average Bonchev–Trinajstić information content (AvgIpc) is 2.26. The highest BCUT2D eigenvalue weighted by Gasteiger charge is 2.33. The van der Waals surface area contributed by atoms with Crippen molar-refractivity contribution in [1.82, 2.24) is 0 Å². The minimum atomic E-state index is -2.43. The smallest absolute Gasteiger partial charge is 0.0933 e. The van der Waals surface area contributed by atoms with Gasteiger partial charge in [0.2, 0.25) is 0 Å². The maximum absolute atomic E-state index is 12.8. The first-order valence-electron chi connectivity index (χ1n) is 5.94. The summed E-state index contributed by atoms with van der Waals surface area (Å²) in [5.41, 5.74) is -0.0730. The Morgan fingerprint density at radius 2 is 1.38 bits per heavy atom. The summed E-state index contributed by atoms with van der Waals surface area (Å²) in [7, 11) is -2.43. The Labute approximate surface area is 98.1 Å². The average molecular weight is 252 g/mol. The van der Waals surface area contributed by atoms with Crippen molar-refractivity contribution in [2.45, 2.75) is 44.4 Å². The molecule has 0 saturated heterocycles. The first-order chi connectivity index (χ1) is 7.52. The molecule has 0 aromatic rings. The van der Waals surface area contributed by atoms with E-state index >= 15 is 0 Å². The van der Waals surface area contributed by atoms with E-state index in [1.54, 1.807) is 0 Å². The fourth-order valence-corrected chi connectivity index (χ4v) is 5.49. The van der Waals surface area contributed by atoms with Gasteiger partial charge in [0.15, 0.2) is 0 Å². The molecule has 0 aromatic carbocycles. The predicted octanol–water partition coefficient (Wildman–Crippen LogP) is 1.27. The summed E-state index contributed by atoms with van der Waals surface area (Å²) >= 11 is 0. The van der Waals surface area contributed by atoms with Crippen molar-refractivity contribution in [2.24, 2.45) is 0 Å². The maximum Gasteiger partial charge on any atom is 0.0933 e. The predicted molar refractivity (Wildman–Crippen MR) is 66.5 cm³/mol. The number of aliphatic hydroxyl groups excluding tert-OH is 3. The van der Waals surface area contributed by atoms with Crippen LogP contribution >= 0.6 is 7.14 Å². The summed E-state index contributed by atoms with van der Waals surface area (Å²) in [5, 5.41) is 26.7. The van der Waals surface area contributed by atoms with Gasteiger partial charge in [0.1, 0.15) is 0 Å². The second-order valence-electron chi connectivity index (χ2n) is 4.38. The molecule has 0 aromatic heterocycles. The molecule has 0 rings (SSSR count). The van der Waals surface area contributed by atoms with Gasteiger partial charge in [-0.3, -0.25) is 0 Å².